The Labute approximate surface area is 147 Å². The summed E-state index contributed by atoms with van der Waals surface area (Å²) in [6.07, 6.45) is 8.70. The molecule has 3 N–H and O–H groups in total. The van der Waals surface area contributed by atoms with Crippen molar-refractivity contribution in [1.29, 1.82) is 0 Å². The molecule has 1 unspecified atom stereocenters. The number of hydrogen-bond donors (Lipinski definition) is 3. The Morgan fingerprint density at radius 2 is 1.96 bits per heavy atom. The molecule has 0 fully saturated rings. The molecule has 126 valence electrons. The maximum absolute atomic E-state index is 9.65. The van der Waals surface area contributed by atoms with E-state index in [0.29, 0.717) is 6.04 Å². The second-order valence-electron chi connectivity index (χ2n) is 6.51. The van der Waals surface area contributed by atoms with Crippen molar-refractivity contribution >= 4 is 22.6 Å². The smallest absolute Gasteiger partial charge is 0.189 e. The number of hydrogen-bond acceptors (Lipinski definition) is 2. The molecule has 0 bridgehead atoms. The standard InChI is InChI=1S/C22H22N2O/c25-22-15-20-17(9-5-11-21(20)24-22)8-4-10-19-14-18(12-13-23-19)16-6-2-1-3-7-16/h1-9,11-12,15,19,23-25H,10,13-14H2/b8-4+. The van der Waals surface area contributed by atoms with Crippen LogP contribution in [0.25, 0.3) is 22.6 Å². The first-order valence-electron chi connectivity index (χ1n) is 8.75. The quantitative estimate of drug-likeness (QED) is 0.648. The Balaban J connectivity index is 1.44. The van der Waals surface area contributed by atoms with E-state index in [1.165, 1.54) is 11.1 Å². The normalized spacial score (nSPS) is 17.9. The first-order chi connectivity index (χ1) is 12.3. The zero-order valence-electron chi connectivity index (χ0n) is 14.1. The lowest BCUT2D eigenvalue weighted by molar-refractivity contribution is 0.458. The second kappa shape index (κ2) is 6.99. The third-order valence-corrected chi connectivity index (χ3v) is 4.77. The van der Waals surface area contributed by atoms with E-state index in [1.807, 2.05) is 12.1 Å². The summed E-state index contributed by atoms with van der Waals surface area (Å²) in [4.78, 5) is 2.96. The van der Waals surface area contributed by atoms with E-state index in [1.54, 1.807) is 6.07 Å². The van der Waals surface area contributed by atoms with E-state index in [0.717, 1.165) is 35.9 Å². The van der Waals surface area contributed by atoms with Crippen LogP contribution in [-0.2, 0) is 0 Å². The summed E-state index contributed by atoms with van der Waals surface area (Å²) in [6, 6.07) is 18.9. The summed E-state index contributed by atoms with van der Waals surface area (Å²) >= 11 is 0. The van der Waals surface area contributed by atoms with Crippen molar-refractivity contribution in [2.45, 2.75) is 18.9 Å². The van der Waals surface area contributed by atoms with Crippen molar-refractivity contribution < 1.29 is 5.11 Å². The van der Waals surface area contributed by atoms with Crippen LogP contribution in [-0.4, -0.2) is 22.7 Å². The number of rotatable bonds is 4. The predicted octanol–water partition coefficient (Wildman–Crippen LogP) is 4.72. The molecule has 1 atom stereocenters. The second-order valence-corrected chi connectivity index (χ2v) is 6.51. The molecule has 1 aliphatic heterocycles. The minimum Gasteiger partial charge on any atom is -0.495 e. The van der Waals surface area contributed by atoms with Crippen LogP contribution in [0.3, 0.4) is 0 Å². The Kier molecular flexibility index (Phi) is 4.40. The highest BCUT2D eigenvalue weighted by molar-refractivity contribution is 5.89. The van der Waals surface area contributed by atoms with Gasteiger partial charge in [-0.25, -0.2) is 0 Å². The van der Waals surface area contributed by atoms with E-state index in [-0.39, 0.29) is 5.88 Å². The van der Waals surface area contributed by atoms with E-state index < -0.39 is 0 Å². The molecule has 3 nitrogen and oxygen atoms in total. The number of aromatic amines is 1. The molecular formula is C22H22N2O. The van der Waals surface area contributed by atoms with Crippen LogP contribution in [0.5, 0.6) is 5.88 Å². The zero-order chi connectivity index (χ0) is 17.1. The van der Waals surface area contributed by atoms with Crippen molar-refractivity contribution in [3.63, 3.8) is 0 Å². The van der Waals surface area contributed by atoms with Gasteiger partial charge in [-0.3, -0.25) is 0 Å². The first-order valence-corrected chi connectivity index (χ1v) is 8.75. The first kappa shape index (κ1) is 15.7. The largest absolute Gasteiger partial charge is 0.495 e. The molecule has 1 aliphatic rings. The Morgan fingerprint density at radius 1 is 1.08 bits per heavy atom. The molecule has 2 aromatic carbocycles. The van der Waals surface area contributed by atoms with Crippen LogP contribution in [0.4, 0.5) is 0 Å². The summed E-state index contributed by atoms with van der Waals surface area (Å²) in [5.41, 5.74) is 4.84. The highest BCUT2D eigenvalue weighted by atomic mass is 16.3. The molecule has 0 radical (unpaired) electrons. The minimum absolute atomic E-state index is 0.211. The molecule has 0 spiro atoms. The third kappa shape index (κ3) is 3.52. The summed E-state index contributed by atoms with van der Waals surface area (Å²) in [7, 11) is 0. The Bertz CT molecular complexity index is 922. The van der Waals surface area contributed by atoms with Gasteiger partial charge in [0.1, 0.15) is 0 Å². The molecule has 3 aromatic rings. The summed E-state index contributed by atoms with van der Waals surface area (Å²) < 4.78 is 0. The fourth-order valence-electron chi connectivity index (χ4n) is 3.49. The average molecular weight is 330 g/mol. The number of aromatic nitrogens is 1. The number of benzene rings is 2. The van der Waals surface area contributed by atoms with Gasteiger partial charge in [0.15, 0.2) is 5.88 Å². The lowest BCUT2D eigenvalue weighted by atomic mass is 9.93. The minimum atomic E-state index is 0.211. The van der Waals surface area contributed by atoms with Gasteiger partial charge >= 0.3 is 0 Å². The molecule has 0 amide bonds. The van der Waals surface area contributed by atoms with Crippen molar-refractivity contribution in [2.75, 3.05) is 6.54 Å². The number of aromatic hydroxyl groups is 1. The fourth-order valence-corrected chi connectivity index (χ4v) is 3.49. The van der Waals surface area contributed by atoms with E-state index in [9.17, 15) is 5.11 Å². The fraction of sp³-hybridized carbons (Fsp3) is 0.182. The van der Waals surface area contributed by atoms with E-state index in [2.05, 4.69) is 64.9 Å². The van der Waals surface area contributed by atoms with Gasteiger partial charge < -0.3 is 15.4 Å². The molecule has 2 heterocycles. The molecule has 4 rings (SSSR count). The molecule has 0 saturated carbocycles. The summed E-state index contributed by atoms with van der Waals surface area (Å²) in [6.45, 7) is 0.921. The Morgan fingerprint density at radius 3 is 2.84 bits per heavy atom. The molecule has 3 heteroatoms. The van der Waals surface area contributed by atoms with E-state index in [4.69, 9.17) is 0 Å². The van der Waals surface area contributed by atoms with Gasteiger partial charge in [0, 0.05) is 29.6 Å². The van der Waals surface area contributed by atoms with Crippen LogP contribution in [0.15, 0.2) is 66.7 Å². The Hall–Kier alpha value is -2.78. The third-order valence-electron chi connectivity index (χ3n) is 4.77. The number of fused-ring (bicyclic) bond motifs is 1. The lowest BCUT2D eigenvalue weighted by Gasteiger charge is -2.23. The van der Waals surface area contributed by atoms with Gasteiger partial charge in [0.25, 0.3) is 0 Å². The van der Waals surface area contributed by atoms with Crippen LogP contribution in [0.1, 0.15) is 24.0 Å². The highest BCUT2D eigenvalue weighted by Crippen LogP contribution is 2.26. The summed E-state index contributed by atoms with van der Waals surface area (Å²) in [5.74, 6) is 0.211. The van der Waals surface area contributed by atoms with Crippen molar-refractivity contribution in [3.8, 4) is 5.88 Å². The topological polar surface area (TPSA) is 48.0 Å². The van der Waals surface area contributed by atoms with Gasteiger partial charge in [0.05, 0.1) is 0 Å². The molecule has 0 aliphatic carbocycles. The highest BCUT2D eigenvalue weighted by Gasteiger charge is 2.14. The van der Waals surface area contributed by atoms with Crippen LogP contribution < -0.4 is 5.32 Å². The number of H-pyrrole nitrogens is 1. The van der Waals surface area contributed by atoms with Gasteiger partial charge in [-0.1, -0.05) is 60.7 Å². The van der Waals surface area contributed by atoms with Crippen LogP contribution >= 0.6 is 0 Å². The summed E-state index contributed by atoms with van der Waals surface area (Å²) in [5, 5.41) is 14.3. The van der Waals surface area contributed by atoms with Crippen LogP contribution in [0, 0.1) is 0 Å². The van der Waals surface area contributed by atoms with Crippen molar-refractivity contribution in [2.24, 2.45) is 0 Å². The molecule has 1 aromatic heterocycles. The van der Waals surface area contributed by atoms with Crippen molar-refractivity contribution in [1.82, 2.24) is 10.3 Å². The van der Waals surface area contributed by atoms with Crippen LogP contribution in [0.2, 0.25) is 0 Å². The monoisotopic (exact) mass is 330 g/mol. The van der Waals surface area contributed by atoms with Gasteiger partial charge in [-0.15, -0.1) is 0 Å². The van der Waals surface area contributed by atoms with E-state index >= 15 is 0 Å². The molecule has 25 heavy (non-hydrogen) atoms. The SMILES string of the molecule is Oc1cc2c(/C=C/CC3CC(c4ccccc4)=CCN3)cccc2[nH]1. The predicted molar refractivity (Wildman–Crippen MR) is 104 cm³/mol. The number of nitrogens with one attached hydrogen (secondary N) is 2. The average Bonchev–Trinajstić information content (AvgIpc) is 3.04. The maximum Gasteiger partial charge on any atom is 0.189 e. The van der Waals surface area contributed by atoms with Gasteiger partial charge in [-0.05, 0) is 35.6 Å². The molecular weight excluding hydrogens is 308 g/mol. The van der Waals surface area contributed by atoms with Crippen molar-refractivity contribution in [3.05, 3.63) is 77.9 Å². The molecule has 0 saturated heterocycles. The van der Waals surface area contributed by atoms with Gasteiger partial charge in [-0.2, -0.15) is 0 Å². The van der Waals surface area contributed by atoms with Gasteiger partial charge in [0.2, 0.25) is 0 Å². The lowest BCUT2D eigenvalue weighted by Crippen LogP contribution is -2.32. The maximum atomic E-state index is 9.65. The zero-order valence-corrected chi connectivity index (χ0v) is 14.1.